The molecule has 1 saturated carbocycles. The number of aromatic nitrogens is 1. The van der Waals surface area contributed by atoms with Crippen molar-refractivity contribution in [2.24, 2.45) is 0 Å². The second-order valence-corrected chi connectivity index (χ2v) is 12.5. The van der Waals surface area contributed by atoms with Gasteiger partial charge in [-0.25, -0.2) is 0 Å². The molecule has 1 saturated heterocycles. The highest BCUT2D eigenvalue weighted by Crippen LogP contribution is 2.24. The number of piperazine rings is 1. The maximum absolute atomic E-state index is 14.1. The summed E-state index contributed by atoms with van der Waals surface area (Å²) in [7, 11) is 0. The number of nitrogens with one attached hydrogen (secondary N) is 2. The average Bonchev–Trinajstić information content (AvgIpc) is 3.46. The van der Waals surface area contributed by atoms with Gasteiger partial charge in [0.2, 0.25) is 11.8 Å². The zero-order valence-corrected chi connectivity index (χ0v) is 26.7. The fourth-order valence-corrected chi connectivity index (χ4v) is 7.06. The topological polar surface area (TPSA) is 88.8 Å². The van der Waals surface area contributed by atoms with Gasteiger partial charge in [0.1, 0.15) is 6.04 Å². The largest absolute Gasteiger partial charge is 0.361 e. The van der Waals surface area contributed by atoms with E-state index in [1.165, 1.54) is 55.1 Å². The zero-order chi connectivity index (χ0) is 31.1. The molecule has 1 aliphatic heterocycles. The molecule has 2 aromatic carbocycles. The first kappa shape index (κ1) is 31.9. The summed E-state index contributed by atoms with van der Waals surface area (Å²) >= 11 is 0. The predicted octanol–water partition coefficient (Wildman–Crippen LogP) is 4.85. The molecule has 2 heterocycles. The monoisotopic (exact) mass is 599 g/mol. The molecule has 3 aromatic rings. The molecule has 1 aromatic heterocycles. The van der Waals surface area contributed by atoms with E-state index in [0.717, 1.165) is 61.1 Å². The number of aromatic amines is 1. The fraction of sp³-hybridized carbons (Fsp3) is 0.528. The van der Waals surface area contributed by atoms with E-state index in [0.29, 0.717) is 12.5 Å². The van der Waals surface area contributed by atoms with Crippen LogP contribution >= 0.6 is 0 Å². The molecule has 1 unspecified atom stereocenters. The highest BCUT2D eigenvalue weighted by atomic mass is 16.2. The molecule has 44 heavy (non-hydrogen) atoms. The van der Waals surface area contributed by atoms with Crippen LogP contribution in [0, 0.1) is 0 Å². The molecule has 0 radical (unpaired) electrons. The van der Waals surface area contributed by atoms with Crippen LogP contribution in [-0.4, -0.2) is 82.2 Å². The molecule has 1 aliphatic carbocycles. The van der Waals surface area contributed by atoms with Crippen molar-refractivity contribution in [3.05, 3.63) is 70.9 Å². The van der Waals surface area contributed by atoms with Crippen LogP contribution in [0.4, 0.5) is 0 Å². The van der Waals surface area contributed by atoms with Crippen molar-refractivity contribution in [1.29, 1.82) is 0 Å². The number of imide groups is 1. The maximum Gasteiger partial charge on any atom is 0.252 e. The minimum atomic E-state index is -0.866. The number of hydrogen-bond donors (Lipinski definition) is 2. The summed E-state index contributed by atoms with van der Waals surface area (Å²) in [6, 6.07) is 14.0. The van der Waals surface area contributed by atoms with Gasteiger partial charge in [-0.2, -0.15) is 0 Å². The van der Waals surface area contributed by atoms with Crippen LogP contribution in [0.3, 0.4) is 0 Å². The van der Waals surface area contributed by atoms with Crippen molar-refractivity contribution in [1.82, 2.24) is 25.0 Å². The van der Waals surface area contributed by atoms with E-state index < -0.39 is 6.04 Å². The lowest BCUT2D eigenvalue weighted by Crippen LogP contribution is -2.55. The highest BCUT2D eigenvalue weighted by Gasteiger charge is 2.31. The van der Waals surface area contributed by atoms with Crippen molar-refractivity contribution < 1.29 is 14.4 Å². The summed E-state index contributed by atoms with van der Waals surface area (Å²) in [6.07, 6.45) is 10.6. The number of fused-ring (bicyclic) bond motifs is 1. The van der Waals surface area contributed by atoms with Crippen molar-refractivity contribution in [3.63, 3.8) is 0 Å². The molecule has 2 aliphatic rings. The summed E-state index contributed by atoms with van der Waals surface area (Å²) in [5.41, 5.74) is 5.33. The third-order valence-corrected chi connectivity index (χ3v) is 9.62. The Morgan fingerprint density at radius 1 is 0.932 bits per heavy atom. The van der Waals surface area contributed by atoms with Gasteiger partial charge in [-0.3, -0.25) is 29.1 Å². The molecule has 0 bridgehead atoms. The second-order valence-electron chi connectivity index (χ2n) is 12.5. The number of nitrogens with zero attached hydrogens (tertiary/aromatic N) is 3. The van der Waals surface area contributed by atoms with Gasteiger partial charge in [0.15, 0.2) is 0 Å². The van der Waals surface area contributed by atoms with Crippen molar-refractivity contribution >= 4 is 28.6 Å². The van der Waals surface area contributed by atoms with Crippen LogP contribution in [0.25, 0.3) is 10.9 Å². The lowest BCUT2D eigenvalue weighted by molar-refractivity contribution is -0.147. The smallest absolute Gasteiger partial charge is 0.252 e. The van der Waals surface area contributed by atoms with Crippen molar-refractivity contribution in [3.8, 4) is 0 Å². The van der Waals surface area contributed by atoms with Crippen LogP contribution in [0.1, 0.15) is 75.1 Å². The SMILES string of the molecule is CCc1ccc(CN(C(C)=O)C(=O)C(Cc2c[nH]c3ccccc23)NC(=O)CN2CCN(C3CCCCC3)CC2)cc1CC. The number of amides is 3. The van der Waals surface area contributed by atoms with E-state index in [1.807, 2.05) is 36.5 Å². The van der Waals surface area contributed by atoms with Gasteiger partial charge in [-0.1, -0.05) is 69.5 Å². The Bertz CT molecular complexity index is 1430. The number of para-hydroxylation sites is 1. The van der Waals surface area contributed by atoms with Gasteiger partial charge in [0.05, 0.1) is 13.1 Å². The van der Waals surface area contributed by atoms with Crippen molar-refractivity contribution in [2.75, 3.05) is 32.7 Å². The Balaban J connectivity index is 1.30. The molecule has 0 spiro atoms. The van der Waals surface area contributed by atoms with E-state index in [4.69, 9.17) is 0 Å². The Morgan fingerprint density at radius 3 is 2.36 bits per heavy atom. The molecule has 2 N–H and O–H groups in total. The molecular formula is C36H49N5O3. The van der Waals surface area contributed by atoms with Crippen LogP contribution in [0.5, 0.6) is 0 Å². The minimum Gasteiger partial charge on any atom is -0.361 e. The molecule has 5 rings (SSSR count). The molecular weight excluding hydrogens is 550 g/mol. The highest BCUT2D eigenvalue weighted by molar-refractivity contribution is 5.99. The van der Waals surface area contributed by atoms with E-state index in [-0.39, 0.29) is 30.8 Å². The third kappa shape index (κ3) is 7.77. The molecule has 8 nitrogen and oxygen atoms in total. The summed E-state index contributed by atoms with van der Waals surface area (Å²) in [6.45, 7) is 9.74. The third-order valence-electron chi connectivity index (χ3n) is 9.62. The number of benzene rings is 2. The lowest BCUT2D eigenvalue weighted by atomic mass is 9.94. The normalized spacial score (nSPS) is 17.4. The number of carbonyl (C=O) groups excluding carboxylic acids is 3. The van der Waals surface area contributed by atoms with Crippen molar-refractivity contribution in [2.45, 2.75) is 90.8 Å². The van der Waals surface area contributed by atoms with E-state index >= 15 is 0 Å². The number of H-pyrrole nitrogens is 1. The number of rotatable bonds is 11. The quantitative estimate of drug-likeness (QED) is 0.329. The number of hydrogen-bond acceptors (Lipinski definition) is 5. The maximum atomic E-state index is 14.1. The molecule has 236 valence electrons. The van der Waals surface area contributed by atoms with Gasteiger partial charge < -0.3 is 10.3 Å². The molecule has 2 fully saturated rings. The summed E-state index contributed by atoms with van der Waals surface area (Å²) in [5.74, 6) is -0.890. The van der Waals surface area contributed by atoms with Crippen LogP contribution in [0.15, 0.2) is 48.7 Å². The summed E-state index contributed by atoms with van der Waals surface area (Å²) < 4.78 is 0. The standard InChI is InChI=1S/C36H49N5O3/c1-4-28-16-15-27(21-29(28)5-2)24-41(26(3)42)36(44)34(22-30-23-37-33-14-10-9-13-32(30)33)38-35(43)25-39-17-19-40(20-18-39)31-11-7-6-8-12-31/h9-10,13-16,21,23,31,34,37H,4-8,11-12,17-20,22,24-25H2,1-3H3,(H,38,43). The Labute approximate surface area is 262 Å². The Kier molecular flexibility index (Phi) is 10.9. The Morgan fingerprint density at radius 2 is 1.66 bits per heavy atom. The molecule has 8 heteroatoms. The average molecular weight is 600 g/mol. The first-order valence-electron chi connectivity index (χ1n) is 16.6. The summed E-state index contributed by atoms with van der Waals surface area (Å²) in [4.78, 5) is 49.9. The van der Waals surface area contributed by atoms with Gasteiger partial charge >= 0.3 is 0 Å². The zero-order valence-electron chi connectivity index (χ0n) is 26.7. The molecule has 1 atom stereocenters. The van der Waals surface area contributed by atoms with E-state index in [1.54, 1.807) is 0 Å². The van der Waals surface area contributed by atoms with Crippen LogP contribution < -0.4 is 5.32 Å². The predicted molar refractivity (Wildman–Crippen MR) is 175 cm³/mol. The molecule has 3 amide bonds. The number of aryl methyl sites for hydroxylation is 2. The van der Waals surface area contributed by atoms with Gasteiger partial charge in [0, 0.05) is 62.7 Å². The second kappa shape index (κ2) is 15.0. The summed E-state index contributed by atoms with van der Waals surface area (Å²) in [5, 5.41) is 4.06. The van der Waals surface area contributed by atoms with Gasteiger partial charge in [0.25, 0.3) is 5.91 Å². The van der Waals surface area contributed by atoms with Gasteiger partial charge in [-0.05, 0) is 54.0 Å². The Hall–Kier alpha value is -3.49. The van der Waals surface area contributed by atoms with Crippen LogP contribution in [0.2, 0.25) is 0 Å². The fourth-order valence-electron chi connectivity index (χ4n) is 7.06. The lowest BCUT2D eigenvalue weighted by Gasteiger charge is -2.40. The minimum absolute atomic E-state index is 0.175. The number of carbonyl (C=O) groups is 3. The van der Waals surface area contributed by atoms with Crippen LogP contribution in [-0.2, 0) is 40.2 Å². The van der Waals surface area contributed by atoms with E-state index in [2.05, 4.69) is 46.1 Å². The van der Waals surface area contributed by atoms with Gasteiger partial charge in [-0.15, -0.1) is 0 Å². The van der Waals surface area contributed by atoms with E-state index in [9.17, 15) is 14.4 Å². The first-order chi connectivity index (χ1) is 21.4. The first-order valence-corrected chi connectivity index (χ1v) is 16.6.